The van der Waals surface area contributed by atoms with Crippen LogP contribution in [0.5, 0.6) is 0 Å². The SMILES string of the molecule is CCCn1c(-c2ccncc2)nn(CN(C)C2CCc3ccccc32)c1=S. The Kier molecular flexibility index (Phi) is 5.18. The lowest BCUT2D eigenvalue weighted by atomic mass is 10.1. The topological polar surface area (TPSA) is 38.9 Å². The molecule has 0 saturated carbocycles. The predicted molar refractivity (Wildman–Crippen MR) is 110 cm³/mol. The second-order valence-electron chi connectivity index (χ2n) is 7.14. The molecule has 3 aromatic rings. The maximum Gasteiger partial charge on any atom is 0.199 e. The molecule has 0 aliphatic heterocycles. The highest BCUT2D eigenvalue weighted by Crippen LogP contribution is 2.35. The number of nitrogens with zero attached hydrogens (tertiary/aromatic N) is 5. The van der Waals surface area contributed by atoms with Gasteiger partial charge >= 0.3 is 0 Å². The minimum atomic E-state index is 0.420. The molecule has 1 aromatic carbocycles. The average molecular weight is 380 g/mol. The van der Waals surface area contributed by atoms with Gasteiger partial charge in [-0.15, -0.1) is 0 Å². The van der Waals surface area contributed by atoms with Gasteiger partial charge in [-0.1, -0.05) is 31.2 Å². The summed E-state index contributed by atoms with van der Waals surface area (Å²) in [6, 6.07) is 13.2. The van der Waals surface area contributed by atoms with Crippen LogP contribution in [0.2, 0.25) is 0 Å². The van der Waals surface area contributed by atoms with Crippen LogP contribution in [-0.4, -0.2) is 31.3 Å². The molecule has 0 saturated heterocycles. The molecule has 2 heterocycles. The number of aryl methyl sites for hydroxylation is 1. The molecular weight excluding hydrogens is 354 g/mol. The van der Waals surface area contributed by atoms with Crippen LogP contribution in [0.4, 0.5) is 0 Å². The molecule has 0 radical (unpaired) electrons. The van der Waals surface area contributed by atoms with E-state index in [1.165, 1.54) is 11.1 Å². The Morgan fingerprint density at radius 3 is 2.74 bits per heavy atom. The van der Waals surface area contributed by atoms with E-state index in [2.05, 4.69) is 52.7 Å². The molecule has 6 heteroatoms. The predicted octanol–water partition coefficient (Wildman–Crippen LogP) is 4.46. The lowest BCUT2D eigenvalue weighted by Crippen LogP contribution is -2.26. The zero-order chi connectivity index (χ0) is 18.8. The van der Waals surface area contributed by atoms with E-state index in [0.29, 0.717) is 12.7 Å². The summed E-state index contributed by atoms with van der Waals surface area (Å²) in [4.78, 5) is 6.48. The van der Waals surface area contributed by atoms with Gasteiger partial charge in [0.2, 0.25) is 0 Å². The summed E-state index contributed by atoms with van der Waals surface area (Å²) >= 11 is 5.77. The van der Waals surface area contributed by atoms with E-state index in [1.807, 2.05) is 16.8 Å². The Morgan fingerprint density at radius 2 is 1.96 bits per heavy atom. The average Bonchev–Trinajstić information content (AvgIpc) is 3.26. The van der Waals surface area contributed by atoms with Crippen molar-refractivity contribution in [3.05, 3.63) is 64.7 Å². The Balaban J connectivity index is 1.64. The summed E-state index contributed by atoms with van der Waals surface area (Å²) in [5.74, 6) is 0.921. The van der Waals surface area contributed by atoms with Gasteiger partial charge in [-0.3, -0.25) is 14.5 Å². The van der Waals surface area contributed by atoms with Crippen LogP contribution >= 0.6 is 12.2 Å². The molecule has 140 valence electrons. The molecule has 1 aliphatic carbocycles. The van der Waals surface area contributed by atoms with Crippen molar-refractivity contribution in [1.29, 1.82) is 0 Å². The van der Waals surface area contributed by atoms with E-state index < -0.39 is 0 Å². The molecule has 0 N–H and O–H groups in total. The Labute approximate surface area is 165 Å². The van der Waals surface area contributed by atoms with Crippen LogP contribution in [0.15, 0.2) is 48.8 Å². The van der Waals surface area contributed by atoms with Gasteiger partial charge in [0.05, 0.1) is 6.67 Å². The maximum absolute atomic E-state index is 5.77. The second kappa shape index (κ2) is 7.74. The largest absolute Gasteiger partial charge is 0.300 e. The fraction of sp³-hybridized carbons (Fsp3) is 0.381. The summed E-state index contributed by atoms with van der Waals surface area (Å²) in [7, 11) is 2.17. The van der Waals surface area contributed by atoms with Crippen molar-refractivity contribution in [3.63, 3.8) is 0 Å². The van der Waals surface area contributed by atoms with Gasteiger partial charge in [0.25, 0.3) is 0 Å². The molecule has 5 nitrogen and oxygen atoms in total. The molecule has 1 aliphatic rings. The van der Waals surface area contributed by atoms with E-state index in [9.17, 15) is 0 Å². The number of rotatable bonds is 6. The third-order valence-electron chi connectivity index (χ3n) is 5.30. The Morgan fingerprint density at radius 1 is 1.19 bits per heavy atom. The quantitative estimate of drug-likeness (QED) is 0.593. The van der Waals surface area contributed by atoms with Crippen molar-refractivity contribution in [3.8, 4) is 11.4 Å². The summed E-state index contributed by atoms with van der Waals surface area (Å²) in [6.07, 6.45) is 6.91. The zero-order valence-corrected chi connectivity index (χ0v) is 16.7. The van der Waals surface area contributed by atoms with Gasteiger partial charge in [-0.25, -0.2) is 4.68 Å². The fourth-order valence-electron chi connectivity index (χ4n) is 3.98. The Hall–Kier alpha value is -2.31. The smallest absolute Gasteiger partial charge is 0.199 e. The van der Waals surface area contributed by atoms with Crippen molar-refractivity contribution in [2.24, 2.45) is 0 Å². The first-order valence-electron chi connectivity index (χ1n) is 9.55. The van der Waals surface area contributed by atoms with Crippen molar-refractivity contribution in [1.82, 2.24) is 24.2 Å². The van der Waals surface area contributed by atoms with Crippen LogP contribution in [0.25, 0.3) is 11.4 Å². The fourth-order valence-corrected chi connectivity index (χ4v) is 4.25. The number of benzene rings is 1. The number of hydrogen-bond donors (Lipinski definition) is 0. The van der Waals surface area contributed by atoms with Crippen LogP contribution in [0, 0.1) is 4.77 Å². The second-order valence-corrected chi connectivity index (χ2v) is 7.51. The summed E-state index contributed by atoms with van der Waals surface area (Å²) in [5, 5.41) is 4.87. The van der Waals surface area contributed by atoms with E-state index >= 15 is 0 Å². The van der Waals surface area contributed by atoms with Crippen LogP contribution in [0.1, 0.15) is 36.9 Å². The highest BCUT2D eigenvalue weighted by molar-refractivity contribution is 7.71. The zero-order valence-electron chi connectivity index (χ0n) is 15.9. The van der Waals surface area contributed by atoms with Crippen LogP contribution < -0.4 is 0 Å². The van der Waals surface area contributed by atoms with Gasteiger partial charge in [0, 0.05) is 30.5 Å². The molecule has 2 aromatic heterocycles. The molecule has 27 heavy (non-hydrogen) atoms. The van der Waals surface area contributed by atoms with Gasteiger partial charge < -0.3 is 0 Å². The van der Waals surface area contributed by atoms with Crippen molar-refractivity contribution >= 4 is 12.2 Å². The van der Waals surface area contributed by atoms with Crippen molar-refractivity contribution < 1.29 is 0 Å². The lowest BCUT2D eigenvalue weighted by Gasteiger charge is -2.24. The van der Waals surface area contributed by atoms with Gasteiger partial charge in [0.15, 0.2) is 10.6 Å². The van der Waals surface area contributed by atoms with E-state index in [-0.39, 0.29) is 0 Å². The van der Waals surface area contributed by atoms with Gasteiger partial charge in [-0.2, -0.15) is 5.10 Å². The number of pyridine rings is 1. The van der Waals surface area contributed by atoms with Crippen molar-refractivity contribution in [2.75, 3.05) is 7.05 Å². The molecule has 4 rings (SSSR count). The van der Waals surface area contributed by atoms with E-state index in [4.69, 9.17) is 17.3 Å². The molecule has 1 atom stereocenters. The van der Waals surface area contributed by atoms with Crippen LogP contribution in [0.3, 0.4) is 0 Å². The highest BCUT2D eigenvalue weighted by Gasteiger charge is 2.26. The standard InChI is InChI=1S/C21H25N5S/c1-3-14-25-20(17-10-12-22-13-11-17)23-26(21(25)27)15-24(2)19-9-8-16-6-4-5-7-18(16)19/h4-7,10-13,19H,3,8-9,14-15H2,1-2H3. The van der Waals surface area contributed by atoms with E-state index in [1.54, 1.807) is 12.4 Å². The van der Waals surface area contributed by atoms with Crippen molar-refractivity contribution in [2.45, 2.75) is 45.4 Å². The number of fused-ring (bicyclic) bond motifs is 1. The van der Waals surface area contributed by atoms with Gasteiger partial charge in [-0.05, 0) is 61.8 Å². The molecule has 0 amide bonds. The summed E-state index contributed by atoms with van der Waals surface area (Å²) < 4.78 is 4.88. The third kappa shape index (κ3) is 3.47. The summed E-state index contributed by atoms with van der Waals surface area (Å²) in [5.41, 5.74) is 3.96. The molecular formula is C21H25N5S. The summed E-state index contributed by atoms with van der Waals surface area (Å²) in [6.45, 7) is 3.72. The number of aromatic nitrogens is 4. The lowest BCUT2D eigenvalue weighted by molar-refractivity contribution is 0.182. The number of hydrogen-bond acceptors (Lipinski definition) is 4. The first-order chi connectivity index (χ1) is 13.2. The monoisotopic (exact) mass is 379 g/mol. The minimum Gasteiger partial charge on any atom is -0.300 e. The third-order valence-corrected chi connectivity index (χ3v) is 5.73. The van der Waals surface area contributed by atoms with Crippen LogP contribution in [-0.2, 0) is 19.6 Å². The molecule has 0 spiro atoms. The molecule has 0 bridgehead atoms. The van der Waals surface area contributed by atoms with E-state index in [0.717, 1.165) is 42.0 Å². The minimum absolute atomic E-state index is 0.420. The first-order valence-corrected chi connectivity index (χ1v) is 9.96. The first kappa shape index (κ1) is 18.1. The van der Waals surface area contributed by atoms with Gasteiger partial charge in [0.1, 0.15) is 0 Å². The normalized spacial score (nSPS) is 16.0. The maximum atomic E-state index is 5.77. The molecule has 1 unspecified atom stereocenters. The Bertz CT molecular complexity index is 976. The highest BCUT2D eigenvalue weighted by atomic mass is 32.1. The molecule has 0 fully saturated rings.